The molecule has 36 heavy (non-hydrogen) atoms. The molecule has 0 spiro atoms. The Kier molecular flexibility index (Phi) is 6.35. The zero-order chi connectivity index (χ0) is 25.3. The number of nitrogens with zero attached hydrogens (tertiary/aromatic N) is 3. The summed E-state index contributed by atoms with van der Waals surface area (Å²) in [5.41, 5.74) is 11.1. The molecule has 7 nitrogen and oxygen atoms in total. The van der Waals surface area contributed by atoms with Crippen LogP contribution in [-0.4, -0.2) is 26.1 Å². The van der Waals surface area contributed by atoms with Gasteiger partial charge in [0.2, 0.25) is 5.56 Å². The third kappa shape index (κ3) is 4.39. The topological polar surface area (TPSA) is 98.8 Å². The first-order chi connectivity index (χ1) is 17.4. The molecule has 3 heterocycles. The summed E-state index contributed by atoms with van der Waals surface area (Å²) < 4.78 is 7.56. The summed E-state index contributed by atoms with van der Waals surface area (Å²) in [7, 11) is 1.91. The van der Waals surface area contributed by atoms with Gasteiger partial charge in [-0.1, -0.05) is 35.9 Å². The Morgan fingerprint density at radius 2 is 1.92 bits per heavy atom. The standard InChI is InChI=1S/C28H26ClN5O2/c1-3-36-22-6-4-5-18(12-22)11-19-13-27(35)33-24-9-7-20(14-23(19)24)28(30,25-16-31-17-34(25)2)21-8-10-26(29)32-15-21/h4-10,12-17H,3,11,30H2,1-2H3,(H,33,35). The number of pyridine rings is 2. The largest absolute Gasteiger partial charge is 0.494 e. The van der Waals surface area contributed by atoms with E-state index in [2.05, 4.69) is 15.0 Å². The first-order valence-electron chi connectivity index (χ1n) is 11.6. The van der Waals surface area contributed by atoms with Crippen LogP contribution >= 0.6 is 11.6 Å². The molecule has 3 N–H and O–H groups in total. The van der Waals surface area contributed by atoms with Crippen LogP contribution in [-0.2, 0) is 19.0 Å². The molecule has 0 amide bonds. The fourth-order valence-electron chi connectivity index (χ4n) is 4.66. The summed E-state index contributed by atoms with van der Waals surface area (Å²) in [6.45, 7) is 2.54. The first-order valence-corrected chi connectivity index (χ1v) is 12.0. The van der Waals surface area contributed by atoms with Crippen LogP contribution in [0.25, 0.3) is 10.9 Å². The second-order valence-corrected chi connectivity index (χ2v) is 9.13. The SMILES string of the molecule is CCOc1cccc(Cc2cc(=O)[nH]c3ccc(C(N)(c4ccc(Cl)nc4)c4cncn4C)cc23)c1. The highest BCUT2D eigenvalue weighted by molar-refractivity contribution is 6.29. The van der Waals surface area contributed by atoms with Crippen molar-refractivity contribution in [3.8, 4) is 5.75 Å². The van der Waals surface area contributed by atoms with Crippen LogP contribution < -0.4 is 16.0 Å². The smallest absolute Gasteiger partial charge is 0.248 e. The van der Waals surface area contributed by atoms with Crippen molar-refractivity contribution in [3.05, 3.63) is 123 Å². The molecular formula is C28H26ClN5O2. The van der Waals surface area contributed by atoms with Crippen molar-refractivity contribution in [2.24, 2.45) is 12.8 Å². The van der Waals surface area contributed by atoms with E-state index in [4.69, 9.17) is 22.1 Å². The van der Waals surface area contributed by atoms with Gasteiger partial charge in [0.15, 0.2) is 0 Å². The highest BCUT2D eigenvalue weighted by Crippen LogP contribution is 2.36. The molecule has 1 unspecified atom stereocenters. The minimum absolute atomic E-state index is 0.154. The molecule has 5 rings (SSSR count). The number of hydrogen-bond acceptors (Lipinski definition) is 5. The molecule has 8 heteroatoms. The zero-order valence-electron chi connectivity index (χ0n) is 20.0. The van der Waals surface area contributed by atoms with Gasteiger partial charge in [-0.05, 0) is 60.4 Å². The number of ether oxygens (including phenoxy) is 1. The molecule has 0 aliphatic heterocycles. The molecule has 0 radical (unpaired) electrons. The van der Waals surface area contributed by atoms with Gasteiger partial charge in [0.1, 0.15) is 16.4 Å². The molecule has 0 aliphatic carbocycles. The lowest BCUT2D eigenvalue weighted by Gasteiger charge is -2.31. The van der Waals surface area contributed by atoms with Crippen LogP contribution in [0.3, 0.4) is 0 Å². The monoisotopic (exact) mass is 499 g/mol. The van der Waals surface area contributed by atoms with Gasteiger partial charge in [0, 0.05) is 35.8 Å². The number of aromatic nitrogens is 4. The lowest BCUT2D eigenvalue weighted by molar-refractivity contribution is 0.340. The number of H-pyrrole nitrogens is 1. The average Bonchev–Trinajstić information content (AvgIpc) is 3.30. The van der Waals surface area contributed by atoms with Gasteiger partial charge in [0.25, 0.3) is 0 Å². The predicted octanol–water partition coefficient (Wildman–Crippen LogP) is 4.55. The van der Waals surface area contributed by atoms with Crippen molar-refractivity contribution in [1.82, 2.24) is 19.5 Å². The molecule has 0 saturated heterocycles. The Bertz CT molecular complexity index is 1590. The summed E-state index contributed by atoms with van der Waals surface area (Å²) in [5, 5.41) is 1.30. The van der Waals surface area contributed by atoms with Crippen molar-refractivity contribution in [2.75, 3.05) is 6.61 Å². The number of imidazole rings is 1. The normalized spacial score (nSPS) is 13.0. The molecule has 1 atom stereocenters. The Morgan fingerprint density at radius 1 is 1.08 bits per heavy atom. The van der Waals surface area contributed by atoms with Crippen molar-refractivity contribution in [2.45, 2.75) is 18.9 Å². The van der Waals surface area contributed by atoms with E-state index < -0.39 is 5.54 Å². The molecule has 5 aromatic rings. The van der Waals surface area contributed by atoms with Gasteiger partial charge in [-0.2, -0.15) is 0 Å². The number of halogens is 1. The highest BCUT2D eigenvalue weighted by atomic mass is 35.5. The number of nitrogens with one attached hydrogen (secondary N) is 1. The van der Waals surface area contributed by atoms with Gasteiger partial charge < -0.3 is 20.0 Å². The molecular weight excluding hydrogens is 474 g/mol. The van der Waals surface area contributed by atoms with E-state index in [1.165, 1.54) is 0 Å². The third-order valence-corrected chi connectivity index (χ3v) is 6.62. The first kappa shape index (κ1) is 23.8. The van der Waals surface area contributed by atoms with Gasteiger partial charge in [-0.25, -0.2) is 9.97 Å². The van der Waals surface area contributed by atoms with Crippen LogP contribution in [0.15, 0.2) is 84.2 Å². The van der Waals surface area contributed by atoms with Crippen LogP contribution in [0.1, 0.15) is 34.9 Å². The number of hydrogen-bond donors (Lipinski definition) is 2. The van der Waals surface area contributed by atoms with Gasteiger partial charge >= 0.3 is 0 Å². The lowest BCUT2D eigenvalue weighted by atomic mass is 9.81. The number of aromatic amines is 1. The van der Waals surface area contributed by atoms with E-state index in [0.717, 1.165) is 44.6 Å². The van der Waals surface area contributed by atoms with E-state index in [0.29, 0.717) is 18.2 Å². The van der Waals surface area contributed by atoms with E-state index in [-0.39, 0.29) is 5.56 Å². The van der Waals surface area contributed by atoms with Gasteiger partial charge in [-0.15, -0.1) is 0 Å². The minimum Gasteiger partial charge on any atom is -0.494 e. The minimum atomic E-state index is -1.06. The molecule has 0 saturated carbocycles. The summed E-state index contributed by atoms with van der Waals surface area (Å²) in [6.07, 6.45) is 5.73. The Hall–Kier alpha value is -3.94. The van der Waals surface area contributed by atoms with Crippen LogP contribution in [0.2, 0.25) is 5.15 Å². The zero-order valence-corrected chi connectivity index (χ0v) is 20.8. The highest BCUT2D eigenvalue weighted by Gasteiger charge is 2.35. The van der Waals surface area contributed by atoms with Crippen molar-refractivity contribution >= 4 is 22.5 Å². The van der Waals surface area contributed by atoms with E-state index in [1.807, 2.05) is 67.1 Å². The van der Waals surface area contributed by atoms with Crippen LogP contribution in [0.4, 0.5) is 0 Å². The van der Waals surface area contributed by atoms with Gasteiger partial charge in [-0.3, -0.25) is 4.79 Å². The maximum Gasteiger partial charge on any atom is 0.248 e. The maximum absolute atomic E-state index is 12.5. The number of fused-ring (bicyclic) bond motifs is 1. The summed E-state index contributed by atoms with van der Waals surface area (Å²) in [6, 6.07) is 19.0. The molecule has 0 bridgehead atoms. The quantitative estimate of drug-likeness (QED) is 0.320. The Morgan fingerprint density at radius 3 is 2.64 bits per heavy atom. The van der Waals surface area contributed by atoms with E-state index in [1.54, 1.807) is 30.9 Å². The van der Waals surface area contributed by atoms with Crippen molar-refractivity contribution in [1.29, 1.82) is 0 Å². The second kappa shape index (κ2) is 9.60. The van der Waals surface area contributed by atoms with Crippen molar-refractivity contribution < 1.29 is 4.74 Å². The molecule has 0 fully saturated rings. The average molecular weight is 500 g/mol. The van der Waals surface area contributed by atoms with Crippen LogP contribution in [0.5, 0.6) is 5.75 Å². The second-order valence-electron chi connectivity index (χ2n) is 8.74. The summed E-state index contributed by atoms with van der Waals surface area (Å²) in [4.78, 5) is 24.0. The summed E-state index contributed by atoms with van der Waals surface area (Å²) >= 11 is 6.07. The molecule has 182 valence electrons. The number of nitrogens with two attached hydrogens (primary N) is 1. The Balaban J connectivity index is 1.68. The number of benzene rings is 2. The molecule has 0 aliphatic rings. The van der Waals surface area contributed by atoms with Crippen LogP contribution in [0, 0.1) is 0 Å². The fourth-order valence-corrected chi connectivity index (χ4v) is 4.77. The van der Waals surface area contributed by atoms with E-state index >= 15 is 0 Å². The predicted molar refractivity (Wildman–Crippen MR) is 142 cm³/mol. The van der Waals surface area contributed by atoms with E-state index in [9.17, 15) is 4.79 Å². The number of aryl methyl sites for hydroxylation is 1. The van der Waals surface area contributed by atoms with Gasteiger partial charge in [0.05, 0.1) is 24.8 Å². The molecule has 3 aromatic heterocycles. The fraction of sp³-hybridized carbons (Fsp3) is 0.179. The number of rotatable bonds is 7. The lowest BCUT2D eigenvalue weighted by Crippen LogP contribution is -2.41. The third-order valence-electron chi connectivity index (χ3n) is 6.39. The maximum atomic E-state index is 12.5. The molecule has 2 aromatic carbocycles. The summed E-state index contributed by atoms with van der Waals surface area (Å²) in [5.74, 6) is 0.803. The van der Waals surface area contributed by atoms with Crippen molar-refractivity contribution in [3.63, 3.8) is 0 Å². The Labute approximate surface area is 213 Å².